The van der Waals surface area contributed by atoms with Crippen molar-refractivity contribution in [3.63, 3.8) is 0 Å². The third kappa shape index (κ3) is 4.20. The topological polar surface area (TPSA) is 49.4 Å². The quantitative estimate of drug-likeness (QED) is 0.893. The summed E-state index contributed by atoms with van der Waals surface area (Å²) < 4.78 is 0. The molecule has 0 spiro atoms. The van der Waals surface area contributed by atoms with Gasteiger partial charge in [-0.3, -0.25) is 9.59 Å². The maximum atomic E-state index is 12.4. The van der Waals surface area contributed by atoms with E-state index in [4.69, 9.17) is 11.6 Å². The molecule has 25 heavy (non-hydrogen) atoms. The van der Waals surface area contributed by atoms with Gasteiger partial charge in [0.05, 0.1) is 5.92 Å². The number of nitrogens with zero attached hydrogens (tertiary/aromatic N) is 1. The van der Waals surface area contributed by atoms with Gasteiger partial charge in [0, 0.05) is 30.2 Å². The van der Waals surface area contributed by atoms with E-state index in [2.05, 4.69) is 5.32 Å². The first-order valence-electron chi connectivity index (χ1n) is 8.43. The van der Waals surface area contributed by atoms with Crippen LogP contribution in [0.2, 0.25) is 5.02 Å². The average Bonchev–Trinajstić information content (AvgIpc) is 2.99. The van der Waals surface area contributed by atoms with Crippen LogP contribution in [0.15, 0.2) is 48.5 Å². The zero-order valence-corrected chi connectivity index (χ0v) is 14.9. The predicted octanol–water partition coefficient (Wildman–Crippen LogP) is 3.36. The molecule has 1 heterocycles. The molecule has 1 aliphatic heterocycles. The van der Waals surface area contributed by atoms with Gasteiger partial charge in [-0.15, -0.1) is 0 Å². The summed E-state index contributed by atoms with van der Waals surface area (Å²) in [6, 6.07) is 15.4. The number of halogens is 1. The SMILES string of the molecule is Cc1ccc(N2C[C@@H](C(=O)NCCc3ccccc3Cl)CC2=O)cc1. The van der Waals surface area contributed by atoms with Crippen molar-refractivity contribution >= 4 is 29.1 Å². The first-order valence-corrected chi connectivity index (χ1v) is 8.80. The summed E-state index contributed by atoms with van der Waals surface area (Å²) >= 11 is 6.12. The van der Waals surface area contributed by atoms with Gasteiger partial charge in [-0.1, -0.05) is 47.5 Å². The Morgan fingerprint density at radius 2 is 1.92 bits per heavy atom. The molecule has 0 saturated carbocycles. The number of hydrogen-bond acceptors (Lipinski definition) is 2. The van der Waals surface area contributed by atoms with Gasteiger partial charge in [0.15, 0.2) is 0 Å². The molecule has 0 aromatic heterocycles. The van der Waals surface area contributed by atoms with Crippen molar-refractivity contribution in [3.8, 4) is 0 Å². The molecule has 3 rings (SSSR count). The summed E-state index contributed by atoms with van der Waals surface area (Å²) in [5.74, 6) is -0.384. The lowest BCUT2D eigenvalue weighted by Crippen LogP contribution is -2.34. The van der Waals surface area contributed by atoms with Crippen molar-refractivity contribution < 1.29 is 9.59 Å². The van der Waals surface area contributed by atoms with Gasteiger partial charge in [0.1, 0.15) is 0 Å². The molecule has 0 aliphatic carbocycles. The van der Waals surface area contributed by atoms with Crippen LogP contribution in [0.3, 0.4) is 0 Å². The minimum absolute atomic E-state index is 0.00453. The first-order chi connectivity index (χ1) is 12.0. The van der Waals surface area contributed by atoms with E-state index >= 15 is 0 Å². The van der Waals surface area contributed by atoms with Crippen LogP contribution in [0.4, 0.5) is 5.69 Å². The van der Waals surface area contributed by atoms with E-state index in [1.54, 1.807) is 4.90 Å². The summed E-state index contributed by atoms with van der Waals surface area (Å²) in [5, 5.41) is 3.63. The number of amides is 2. The molecular weight excluding hydrogens is 336 g/mol. The lowest BCUT2D eigenvalue weighted by Gasteiger charge is -2.17. The second kappa shape index (κ2) is 7.70. The summed E-state index contributed by atoms with van der Waals surface area (Å²) in [4.78, 5) is 26.3. The number of hydrogen-bond donors (Lipinski definition) is 1. The van der Waals surface area contributed by atoms with E-state index < -0.39 is 0 Å². The minimum Gasteiger partial charge on any atom is -0.355 e. The van der Waals surface area contributed by atoms with Gasteiger partial charge in [-0.2, -0.15) is 0 Å². The third-order valence-corrected chi connectivity index (χ3v) is 4.86. The largest absolute Gasteiger partial charge is 0.355 e. The Hall–Kier alpha value is -2.33. The number of benzene rings is 2. The number of nitrogens with one attached hydrogen (secondary N) is 1. The van der Waals surface area contributed by atoms with Crippen molar-refractivity contribution in [2.24, 2.45) is 5.92 Å². The molecule has 1 saturated heterocycles. The van der Waals surface area contributed by atoms with Crippen LogP contribution in [0, 0.1) is 12.8 Å². The highest BCUT2D eigenvalue weighted by Gasteiger charge is 2.34. The van der Waals surface area contributed by atoms with Crippen LogP contribution in [-0.4, -0.2) is 24.9 Å². The van der Waals surface area contributed by atoms with Crippen molar-refractivity contribution in [2.75, 3.05) is 18.0 Å². The molecule has 1 N–H and O–H groups in total. The molecule has 4 nitrogen and oxygen atoms in total. The summed E-state index contributed by atoms with van der Waals surface area (Å²) in [5.41, 5.74) is 3.00. The Kier molecular flexibility index (Phi) is 5.39. The van der Waals surface area contributed by atoms with Crippen LogP contribution >= 0.6 is 11.6 Å². The fourth-order valence-corrected chi connectivity index (χ4v) is 3.25. The van der Waals surface area contributed by atoms with Gasteiger partial charge in [-0.05, 0) is 37.1 Å². The second-order valence-corrected chi connectivity index (χ2v) is 6.78. The van der Waals surface area contributed by atoms with Crippen molar-refractivity contribution in [2.45, 2.75) is 19.8 Å². The van der Waals surface area contributed by atoms with E-state index in [0.29, 0.717) is 24.5 Å². The molecular formula is C20H21ClN2O2. The lowest BCUT2D eigenvalue weighted by atomic mass is 10.1. The highest BCUT2D eigenvalue weighted by atomic mass is 35.5. The van der Waals surface area contributed by atoms with Gasteiger partial charge >= 0.3 is 0 Å². The van der Waals surface area contributed by atoms with Crippen LogP contribution in [0.5, 0.6) is 0 Å². The van der Waals surface area contributed by atoms with E-state index in [1.807, 2.05) is 55.5 Å². The monoisotopic (exact) mass is 356 g/mol. The van der Waals surface area contributed by atoms with Gasteiger partial charge in [0.25, 0.3) is 0 Å². The summed E-state index contributed by atoms with van der Waals surface area (Å²) in [6.07, 6.45) is 0.930. The summed E-state index contributed by atoms with van der Waals surface area (Å²) in [7, 11) is 0. The molecule has 2 aromatic carbocycles. The van der Waals surface area contributed by atoms with E-state index in [0.717, 1.165) is 16.8 Å². The zero-order chi connectivity index (χ0) is 17.8. The van der Waals surface area contributed by atoms with Gasteiger partial charge in [0.2, 0.25) is 11.8 Å². The fourth-order valence-electron chi connectivity index (χ4n) is 3.02. The molecule has 2 amide bonds. The van der Waals surface area contributed by atoms with Crippen LogP contribution in [-0.2, 0) is 16.0 Å². The molecule has 130 valence electrons. The Labute approximate surface area is 152 Å². The molecule has 5 heteroatoms. The second-order valence-electron chi connectivity index (χ2n) is 6.37. The number of carbonyl (C=O) groups excluding carboxylic acids is 2. The molecule has 0 radical (unpaired) electrons. The fraction of sp³-hybridized carbons (Fsp3) is 0.300. The number of carbonyl (C=O) groups is 2. The molecule has 0 bridgehead atoms. The van der Waals surface area contributed by atoms with E-state index in [-0.39, 0.29) is 24.2 Å². The number of rotatable bonds is 5. The smallest absolute Gasteiger partial charge is 0.227 e. The van der Waals surface area contributed by atoms with Gasteiger partial charge in [-0.25, -0.2) is 0 Å². The van der Waals surface area contributed by atoms with E-state index in [9.17, 15) is 9.59 Å². The Balaban J connectivity index is 1.54. The highest BCUT2D eigenvalue weighted by Crippen LogP contribution is 2.25. The maximum Gasteiger partial charge on any atom is 0.227 e. The van der Waals surface area contributed by atoms with Crippen molar-refractivity contribution in [1.29, 1.82) is 0 Å². The minimum atomic E-state index is -0.306. The molecule has 1 fully saturated rings. The average molecular weight is 357 g/mol. The molecule has 2 aromatic rings. The standard InChI is InChI=1S/C20H21ClN2O2/c1-14-6-8-17(9-7-14)23-13-16(12-19(23)24)20(25)22-11-10-15-4-2-3-5-18(15)21/h2-9,16H,10-13H2,1H3,(H,22,25)/t16-/m0/s1. The van der Waals surface area contributed by atoms with Crippen LogP contribution < -0.4 is 10.2 Å². The Bertz CT molecular complexity index is 774. The number of anilines is 1. The first kappa shape index (κ1) is 17.5. The summed E-state index contributed by atoms with van der Waals surface area (Å²) in [6.45, 7) is 2.95. The van der Waals surface area contributed by atoms with E-state index in [1.165, 1.54) is 0 Å². The molecule has 1 aliphatic rings. The van der Waals surface area contributed by atoms with Crippen molar-refractivity contribution in [3.05, 3.63) is 64.7 Å². The zero-order valence-electron chi connectivity index (χ0n) is 14.2. The molecule has 1 atom stereocenters. The number of aryl methyl sites for hydroxylation is 1. The predicted molar refractivity (Wildman–Crippen MR) is 99.8 cm³/mol. The third-order valence-electron chi connectivity index (χ3n) is 4.49. The van der Waals surface area contributed by atoms with Crippen LogP contribution in [0.1, 0.15) is 17.5 Å². The normalized spacial score (nSPS) is 17.0. The lowest BCUT2D eigenvalue weighted by molar-refractivity contribution is -0.126. The maximum absolute atomic E-state index is 12.4. The Morgan fingerprint density at radius 3 is 2.64 bits per heavy atom. The Morgan fingerprint density at radius 1 is 1.20 bits per heavy atom. The molecule has 0 unspecified atom stereocenters. The van der Waals surface area contributed by atoms with Gasteiger partial charge < -0.3 is 10.2 Å². The van der Waals surface area contributed by atoms with Crippen molar-refractivity contribution in [1.82, 2.24) is 5.32 Å². The van der Waals surface area contributed by atoms with Crippen LogP contribution in [0.25, 0.3) is 0 Å². The highest BCUT2D eigenvalue weighted by molar-refractivity contribution is 6.31.